The van der Waals surface area contributed by atoms with Crippen LogP contribution in [0.2, 0.25) is 0 Å². The molecule has 2 heterocycles. The Balaban J connectivity index is 1.43. The van der Waals surface area contributed by atoms with Crippen molar-refractivity contribution < 1.29 is 37.4 Å². The summed E-state index contributed by atoms with van der Waals surface area (Å²) in [6.45, 7) is 9.04. The highest BCUT2D eigenvalue weighted by molar-refractivity contribution is 7.51. The molecule has 1 amide bonds. The van der Waals surface area contributed by atoms with E-state index in [1.165, 1.54) is 4.57 Å². The standard InChI is InChI=1S/C47H54N5O9P/c1-32(2)52(33(3)4)62(55,59-28-14-27-48)61-41-29-43(51-30-34(5)44(50-46(51)54)49-45(53)35-15-10-8-11-16-35)60-42(41)31-58-47(36-17-12-9-13-18-36,37-19-23-39(56-6)24-20-37)38-21-25-40(57-7)26-22-38/h8-13,15-26,30,32-33,41-43H,14,28-29,31H2,1-7H3,(H,49,50,53,54)/t41-,42+,43+,62?/m0/s1. The van der Waals surface area contributed by atoms with E-state index in [0.29, 0.717) is 22.6 Å². The van der Waals surface area contributed by atoms with Gasteiger partial charge in [0.05, 0.1) is 39.9 Å². The summed E-state index contributed by atoms with van der Waals surface area (Å²) >= 11 is 0. The second-order valence-corrected chi connectivity index (χ2v) is 17.3. The number of aromatic nitrogens is 2. The van der Waals surface area contributed by atoms with E-state index in [-0.39, 0.29) is 44.0 Å². The first-order valence-corrected chi connectivity index (χ1v) is 22.0. The topological polar surface area (TPSA) is 163 Å². The van der Waals surface area contributed by atoms with Crippen molar-refractivity contribution in [3.8, 4) is 17.6 Å². The number of anilines is 1. The first-order chi connectivity index (χ1) is 29.8. The van der Waals surface area contributed by atoms with Crippen LogP contribution in [0, 0.1) is 18.3 Å². The average Bonchev–Trinajstić information content (AvgIpc) is 3.67. The van der Waals surface area contributed by atoms with Gasteiger partial charge in [-0.05, 0) is 87.7 Å². The molecule has 1 aliphatic heterocycles. The molecule has 5 aromatic rings. The first-order valence-electron chi connectivity index (χ1n) is 20.5. The molecule has 15 heteroatoms. The van der Waals surface area contributed by atoms with Gasteiger partial charge < -0.3 is 24.3 Å². The second-order valence-electron chi connectivity index (χ2n) is 15.4. The van der Waals surface area contributed by atoms with Gasteiger partial charge in [-0.3, -0.25) is 18.4 Å². The van der Waals surface area contributed by atoms with Crippen LogP contribution >= 0.6 is 7.75 Å². The van der Waals surface area contributed by atoms with E-state index in [1.54, 1.807) is 62.3 Å². The van der Waals surface area contributed by atoms with Gasteiger partial charge in [0.25, 0.3) is 5.91 Å². The molecule has 0 saturated carbocycles. The quantitative estimate of drug-likeness (QED) is 0.0478. The van der Waals surface area contributed by atoms with E-state index in [0.717, 1.165) is 16.7 Å². The zero-order valence-electron chi connectivity index (χ0n) is 36.1. The Hall–Kier alpha value is -5.65. The van der Waals surface area contributed by atoms with Crippen LogP contribution in [-0.4, -0.2) is 71.9 Å². The van der Waals surface area contributed by atoms with Gasteiger partial charge in [0.15, 0.2) is 0 Å². The molecule has 1 aromatic heterocycles. The summed E-state index contributed by atoms with van der Waals surface area (Å²) in [5.74, 6) is 1.02. The summed E-state index contributed by atoms with van der Waals surface area (Å²) < 4.78 is 55.8. The number of benzene rings is 4. The number of hydrogen-bond donors (Lipinski definition) is 1. The Labute approximate surface area is 362 Å². The number of nitrogens with one attached hydrogen (secondary N) is 1. The summed E-state index contributed by atoms with van der Waals surface area (Å²) in [6, 6.07) is 35.1. The second kappa shape index (κ2) is 20.5. The molecule has 62 heavy (non-hydrogen) atoms. The Kier molecular flexibility index (Phi) is 15.2. The van der Waals surface area contributed by atoms with Gasteiger partial charge in [-0.15, -0.1) is 0 Å². The fourth-order valence-electron chi connectivity index (χ4n) is 7.77. The van der Waals surface area contributed by atoms with Crippen molar-refractivity contribution >= 4 is 19.5 Å². The maximum atomic E-state index is 15.1. The maximum absolute atomic E-state index is 15.1. The van der Waals surface area contributed by atoms with Crippen molar-refractivity contribution in [3.63, 3.8) is 0 Å². The number of nitriles is 1. The minimum atomic E-state index is -4.14. The molecule has 4 aromatic carbocycles. The number of amides is 1. The SMILES string of the molecule is COc1ccc(C(OC[C@H]2O[C@@H](n3cc(C)c(NC(=O)c4ccccc4)nc3=O)C[C@@H]2OP(=O)(OCCC#N)N(C(C)C)C(C)C)(c2ccccc2)c2ccc(OC)cc2)cc1. The number of nitrogens with zero attached hydrogens (tertiary/aromatic N) is 4. The van der Waals surface area contributed by atoms with Crippen LogP contribution in [0.15, 0.2) is 120 Å². The van der Waals surface area contributed by atoms with Crippen molar-refractivity contribution in [1.82, 2.24) is 14.2 Å². The van der Waals surface area contributed by atoms with Crippen LogP contribution in [0.3, 0.4) is 0 Å². The third-order valence-electron chi connectivity index (χ3n) is 10.6. The molecular weight excluding hydrogens is 810 g/mol. The number of carbonyl (C=O) groups is 1. The number of rotatable bonds is 19. The highest BCUT2D eigenvalue weighted by Gasteiger charge is 2.48. The summed E-state index contributed by atoms with van der Waals surface area (Å²) in [4.78, 5) is 31.1. The van der Waals surface area contributed by atoms with Gasteiger partial charge in [0, 0.05) is 35.8 Å². The van der Waals surface area contributed by atoms with Crippen LogP contribution in [0.5, 0.6) is 11.5 Å². The molecule has 6 rings (SSSR count). The fraction of sp³-hybridized carbons (Fsp3) is 0.362. The zero-order chi connectivity index (χ0) is 44.4. The Bertz CT molecular complexity index is 2350. The predicted octanol–water partition coefficient (Wildman–Crippen LogP) is 8.66. The van der Waals surface area contributed by atoms with E-state index in [4.69, 9.17) is 28.0 Å². The predicted molar refractivity (Wildman–Crippen MR) is 235 cm³/mol. The molecule has 326 valence electrons. The summed E-state index contributed by atoms with van der Waals surface area (Å²) in [7, 11) is -0.932. The van der Waals surface area contributed by atoms with Crippen molar-refractivity contribution in [1.29, 1.82) is 5.26 Å². The van der Waals surface area contributed by atoms with E-state index in [1.807, 2.05) is 107 Å². The summed E-state index contributed by atoms with van der Waals surface area (Å²) in [6.07, 6.45) is -1.25. The van der Waals surface area contributed by atoms with Crippen LogP contribution in [0.25, 0.3) is 0 Å². The average molecular weight is 864 g/mol. The van der Waals surface area contributed by atoms with Crippen molar-refractivity contribution in [2.24, 2.45) is 0 Å². The molecule has 0 aliphatic carbocycles. The molecule has 0 bridgehead atoms. The minimum absolute atomic E-state index is 0.00940. The highest BCUT2D eigenvalue weighted by Crippen LogP contribution is 2.57. The molecule has 0 spiro atoms. The van der Waals surface area contributed by atoms with Crippen LogP contribution < -0.4 is 20.5 Å². The number of ether oxygens (including phenoxy) is 4. The van der Waals surface area contributed by atoms with Gasteiger partial charge in [-0.1, -0.05) is 72.8 Å². The Morgan fingerprint density at radius 1 is 0.903 bits per heavy atom. The molecule has 4 atom stereocenters. The number of aryl methyl sites for hydroxylation is 1. The number of carbonyl (C=O) groups excluding carboxylic acids is 1. The zero-order valence-corrected chi connectivity index (χ0v) is 37.0. The number of hydrogen-bond acceptors (Lipinski definition) is 11. The number of methoxy groups -OCH3 is 2. The van der Waals surface area contributed by atoms with Gasteiger partial charge in [0.1, 0.15) is 41.4 Å². The molecule has 14 nitrogen and oxygen atoms in total. The third kappa shape index (κ3) is 10.2. The lowest BCUT2D eigenvalue weighted by Gasteiger charge is -2.39. The fourth-order valence-corrected chi connectivity index (χ4v) is 10.1. The summed E-state index contributed by atoms with van der Waals surface area (Å²) in [5, 5.41) is 12.1. The Morgan fingerprint density at radius 2 is 1.45 bits per heavy atom. The lowest BCUT2D eigenvalue weighted by Crippen LogP contribution is -2.40. The molecule has 1 fully saturated rings. The minimum Gasteiger partial charge on any atom is -0.497 e. The smallest absolute Gasteiger partial charge is 0.409 e. The van der Waals surface area contributed by atoms with Crippen molar-refractivity contribution in [2.75, 3.05) is 32.8 Å². The molecule has 0 radical (unpaired) electrons. The lowest BCUT2D eigenvalue weighted by atomic mass is 9.80. The molecular formula is C47H54N5O9P. The lowest BCUT2D eigenvalue weighted by molar-refractivity contribution is -0.0938. The van der Waals surface area contributed by atoms with E-state index >= 15 is 4.57 Å². The van der Waals surface area contributed by atoms with Crippen molar-refractivity contribution in [3.05, 3.63) is 154 Å². The Morgan fingerprint density at radius 3 is 1.98 bits per heavy atom. The van der Waals surface area contributed by atoms with E-state index in [9.17, 15) is 14.9 Å². The molecule has 1 N–H and O–H groups in total. The molecule has 1 unspecified atom stereocenters. The first kappa shape index (κ1) is 45.9. The monoisotopic (exact) mass is 863 g/mol. The van der Waals surface area contributed by atoms with E-state index < -0.39 is 43.4 Å². The van der Waals surface area contributed by atoms with Crippen LogP contribution in [0.1, 0.15) is 79.4 Å². The van der Waals surface area contributed by atoms with E-state index in [2.05, 4.69) is 16.4 Å². The van der Waals surface area contributed by atoms with Gasteiger partial charge in [-0.2, -0.15) is 10.2 Å². The van der Waals surface area contributed by atoms with Crippen LogP contribution in [-0.2, 0) is 28.7 Å². The normalized spacial score (nSPS) is 17.5. The summed E-state index contributed by atoms with van der Waals surface area (Å²) in [5.41, 5.74) is 1.36. The molecule has 1 saturated heterocycles. The van der Waals surface area contributed by atoms with Gasteiger partial charge in [0.2, 0.25) is 0 Å². The largest absolute Gasteiger partial charge is 0.497 e. The van der Waals surface area contributed by atoms with Gasteiger partial charge >= 0.3 is 13.4 Å². The highest BCUT2D eigenvalue weighted by atomic mass is 31.2. The van der Waals surface area contributed by atoms with Crippen LogP contribution in [0.4, 0.5) is 5.82 Å². The van der Waals surface area contributed by atoms with Crippen molar-refractivity contribution in [2.45, 2.75) is 83.6 Å². The third-order valence-corrected chi connectivity index (χ3v) is 13.1. The van der Waals surface area contributed by atoms with Gasteiger partial charge in [-0.25, -0.2) is 14.0 Å². The molecule has 1 aliphatic rings. The maximum Gasteiger partial charge on any atom is 0.409 e.